The third-order valence-electron chi connectivity index (χ3n) is 5.35. The molecular formula is C22H29N7O3. The van der Waals surface area contributed by atoms with E-state index in [9.17, 15) is 9.90 Å². The molecule has 3 aromatic rings. The summed E-state index contributed by atoms with van der Waals surface area (Å²) in [5, 5.41) is 17.0. The lowest BCUT2D eigenvalue weighted by atomic mass is 10.1. The Morgan fingerprint density at radius 1 is 1.31 bits per heavy atom. The van der Waals surface area contributed by atoms with Gasteiger partial charge in [-0.1, -0.05) is 13.8 Å². The number of aliphatic hydroxyl groups excluding tert-OH is 1. The van der Waals surface area contributed by atoms with E-state index in [0.717, 1.165) is 24.3 Å². The van der Waals surface area contributed by atoms with Gasteiger partial charge in [-0.15, -0.1) is 0 Å². The first-order chi connectivity index (χ1) is 15.5. The Hall–Kier alpha value is -3.40. The van der Waals surface area contributed by atoms with Crippen LogP contribution in [0, 0.1) is 0 Å². The number of anilines is 1. The first-order valence-electron chi connectivity index (χ1n) is 11.0. The van der Waals surface area contributed by atoms with E-state index in [2.05, 4.69) is 20.4 Å². The number of guanidine groups is 1. The highest BCUT2D eigenvalue weighted by molar-refractivity contribution is 5.95. The molecule has 0 unspecified atom stereocenters. The number of β-amino-alcohol motifs (C(OH)–C–C–N with tert-alkyl or cyclic N) is 1. The van der Waals surface area contributed by atoms with Gasteiger partial charge >= 0.3 is 0 Å². The minimum atomic E-state index is -0.242. The number of aromatic amines is 1. The molecular weight excluding hydrogens is 410 g/mol. The van der Waals surface area contributed by atoms with Crippen LogP contribution in [0.3, 0.4) is 0 Å². The lowest BCUT2D eigenvalue weighted by Gasteiger charge is -2.20. The SMILES string of the molecule is CCCOc1ccc(NC2=NCCN2CCO)cc1-c1nc2c(CC)nn(C)c2c(=O)[nH]1. The molecule has 1 aliphatic rings. The average molecular weight is 440 g/mol. The summed E-state index contributed by atoms with van der Waals surface area (Å²) in [5.74, 6) is 1.78. The van der Waals surface area contributed by atoms with Crippen molar-refractivity contribution in [2.45, 2.75) is 26.7 Å². The van der Waals surface area contributed by atoms with Crippen LogP contribution in [0.4, 0.5) is 5.69 Å². The molecule has 0 atom stereocenters. The standard InChI is InChI=1S/C22H29N7O3/c1-4-12-32-17-7-6-14(24-22-23-8-9-29(22)10-11-30)13-15(17)20-25-18-16(5-2)27-28(3)19(18)21(31)26-20/h6-7,13,30H,4-5,8-12H2,1-3H3,(H,23,24)(H,25,26,31). The normalized spacial score (nSPS) is 13.6. The van der Waals surface area contributed by atoms with Crippen LogP contribution < -0.4 is 15.6 Å². The monoisotopic (exact) mass is 439 g/mol. The molecule has 170 valence electrons. The number of hydrogen-bond donors (Lipinski definition) is 3. The topological polar surface area (TPSA) is 121 Å². The maximum absolute atomic E-state index is 12.9. The molecule has 4 rings (SSSR count). The summed E-state index contributed by atoms with van der Waals surface area (Å²) in [4.78, 5) is 27.0. The first kappa shape index (κ1) is 21.8. The molecule has 0 amide bonds. The largest absolute Gasteiger partial charge is 0.493 e. The van der Waals surface area contributed by atoms with Crippen molar-refractivity contribution in [2.75, 3.05) is 38.2 Å². The number of aliphatic hydroxyl groups is 1. The van der Waals surface area contributed by atoms with Gasteiger partial charge in [-0.2, -0.15) is 5.10 Å². The minimum Gasteiger partial charge on any atom is -0.493 e. The molecule has 3 heterocycles. The Labute approximate surface area is 185 Å². The van der Waals surface area contributed by atoms with Gasteiger partial charge in [0.2, 0.25) is 0 Å². The van der Waals surface area contributed by atoms with Gasteiger partial charge < -0.3 is 25.0 Å². The van der Waals surface area contributed by atoms with Gasteiger partial charge in [0.25, 0.3) is 5.56 Å². The van der Waals surface area contributed by atoms with E-state index >= 15 is 0 Å². The summed E-state index contributed by atoms with van der Waals surface area (Å²) in [6.07, 6.45) is 1.53. The van der Waals surface area contributed by atoms with Gasteiger partial charge in [-0.05, 0) is 31.0 Å². The maximum Gasteiger partial charge on any atom is 0.277 e. The van der Waals surface area contributed by atoms with Crippen LogP contribution in [-0.4, -0.2) is 68.6 Å². The Bertz CT molecular complexity index is 1200. The van der Waals surface area contributed by atoms with Gasteiger partial charge in [0, 0.05) is 25.8 Å². The number of nitrogens with one attached hydrogen (secondary N) is 2. The molecule has 0 saturated carbocycles. The molecule has 1 aromatic carbocycles. The van der Waals surface area contributed by atoms with Gasteiger partial charge in [-0.25, -0.2) is 4.98 Å². The van der Waals surface area contributed by atoms with Crippen molar-refractivity contribution in [2.24, 2.45) is 12.0 Å². The Kier molecular flexibility index (Phi) is 6.40. The van der Waals surface area contributed by atoms with Crippen molar-refractivity contribution >= 4 is 22.7 Å². The molecule has 1 aliphatic heterocycles. The fourth-order valence-electron chi connectivity index (χ4n) is 3.81. The first-order valence-corrected chi connectivity index (χ1v) is 11.0. The van der Waals surface area contributed by atoms with E-state index in [1.54, 1.807) is 11.7 Å². The number of H-pyrrole nitrogens is 1. The molecule has 3 N–H and O–H groups in total. The minimum absolute atomic E-state index is 0.0613. The van der Waals surface area contributed by atoms with Crippen LogP contribution in [0.5, 0.6) is 5.75 Å². The lowest BCUT2D eigenvalue weighted by molar-refractivity contribution is 0.256. The maximum atomic E-state index is 12.9. The van der Waals surface area contributed by atoms with E-state index in [1.165, 1.54) is 0 Å². The van der Waals surface area contributed by atoms with Crippen LogP contribution in [0.25, 0.3) is 22.4 Å². The van der Waals surface area contributed by atoms with Gasteiger partial charge in [-0.3, -0.25) is 14.5 Å². The van der Waals surface area contributed by atoms with Gasteiger partial charge in [0.15, 0.2) is 11.5 Å². The number of aliphatic imine (C=N–C) groups is 1. The summed E-state index contributed by atoms with van der Waals surface area (Å²) in [7, 11) is 1.75. The predicted octanol–water partition coefficient (Wildman–Crippen LogP) is 1.75. The van der Waals surface area contributed by atoms with E-state index < -0.39 is 0 Å². The van der Waals surface area contributed by atoms with Gasteiger partial charge in [0.1, 0.15) is 17.1 Å². The highest BCUT2D eigenvalue weighted by Crippen LogP contribution is 2.31. The third kappa shape index (κ3) is 4.18. The number of aryl methyl sites for hydroxylation is 2. The predicted molar refractivity (Wildman–Crippen MR) is 124 cm³/mol. The molecule has 0 saturated heterocycles. The van der Waals surface area contributed by atoms with Crippen LogP contribution in [0.1, 0.15) is 26.0 Å². The zero-order valence-corrected chi connectivity index (χ0v) is 18.7. The van der Waals surface area contributed by atoms with Crippen molar-refractivity contribution in [3.8, 4) is 17.1 Å². The fraction of sp³-hybridized carbons (Fsp3) is 0.455. The summed E-state index contributed by atoms with van der Waals surface area (Å²) in [5.41, 5.74) is 3.06. The Morgan fingerprint density at radius 2 is 2.16 bits per heavy atom. The molecule has 32 heavy (non-hydrogen) atoms. The van der Waals surface area contributed by atoms with E-state index in [0.29, 0.717) is 60.2 Å². The van der Waals surface area contributed by atoms with Crippen LogP contribution in [-0.2, 0) is 13.5 Å². The number of nitrogens with zero attached hydrogens (tertiary/aromatic N) is 5. The zero-order chi connectivity index (χ0) is 22.7. The number of fused-ring (bicyclic) bond motifs is 1. The summed E-state index contributed by atoms with van der Waals surface area (Å²) < 4.78 is 7.53. The van der Waals surface area contributed by atoms with E-state index in [-0.39, 0.29) is 12.2 Å². The Morgan fingerprint density at radius 3 is 2.91 bits per heavy atom. The molecule has 0 spiro atoms. The number of rotatable bonds is 8. The molecule has 0 fully saturated rings. The van der Waals surface area contributed by atoms with E-state index in [4.69, 9.17) is 9.72 Å². The molecule has 10 nitrogen and oxygen atoms in total. The third-order valence-corrected chi connectivity index (χ3v) is 5.35. The quantitative estimate of drug-likeness (QED) is 0.489. The van der Waals surface area contributed by atoms with Crippen molar-refractivity contribution in [1.82, 2.24) is 24.6 Å². The summed E-state index contributed by atoms with van der Waals surface area (Å²) >= 11 is 0. The summed E-state index contributed by atoms with van der Waals surface area (Å²) in [6.45, 7) is 6.61. The Balaban J connectivity index is 1.77. The number of aromatic nitrogens is 4. The average Bonchev–Trinajstić information content (AvgIpc) is 3.36. The molecule has 0 aliphatic carbocycles. The smallest absolute Gasteiger partial charge is 0.277 e. The summed E-state index contributed by atoms with van der Waals surface area (Å²) in [6, 6.07) is 5.67. The van der Waals surface area contributed by atoms with Crippen LogP contribution >= 0.6 is 0 Å². The van der Waals surface area contributed by atoms with Gasteiger partial charge in [0.05, 0.1) is 31.0 Å². The van der Waals surface area contributed by atoms with E-state index in [1.807, 2.05) is 36.9 Å². The molecule has 2 aromatic heterocycles. The van der Waals surface area contributed by atoms with Crippen molar-refractivity contribution in [3.05, 3.63) is 34.2 Å². The molecule has 0 bridgehead atoms. The lowest BCUT2D eigenvalue weighted by Crippen LogP contribution is -2.35. The van der Waals surface area contributed by atoms with Crippen molar-refractivity contribution in [3.63, 3.8) is 0 Å². The van der Waals surface area contributed by atoms with Crippen LogP contribution in [0.15, 0.2) is 28.0 Å². The second-order valence-electron chi connectivity index (χ2n) is 7.64. The second-order valence-corrected chi connectivity index (χ2v) is 7.64. The highest BCUT2D eigenvalue weighted by atomic mass is 16.5. The van der Waals surface area contributed by atoms with Crippen LogP contribution in [0.2, 0.25) is 0 Å². The van der Waals surface area contributed by atoms with Crippen molar-refractivity contribution < 1.29 is 9.84 Å². The number of hydrogen-bond acceptors (Lipinski definition) is 8. The zero-order valence-electron chi connectivity index (χ0n) is 18.7. The second kappa shape index (κ2) is 9.39. The van der Waals surface area contributed by atoms with Crippen molar-refractivity contribution in [1.29, 1.82) is 0 Å². The number of benzene rings is 1. The highest BCUT2D eigenvalue weighted by Gasteiger charge is 2.19. The molecule has 0 radical (unpaired) electrons. The number of ether oxygens (including phenoxy) is 1. The molecule has 10 heteroatoms. The fourth-order valence-corrected chi connectivity index (χ4v) is 3.81.